The van der Waals surface area contributed by atoms with Crippen molar-refractivity contribution in [2.45, 2.75) is 31.7 Å². The number of halogens is 4. The van der Waals surface area contributed by atoms with Gasteiger partial charge in [0, 0.05) is 38.1 Å². The van der Waals surface area contributed by atoms with Crippen LogP contribution in [0.5, 0.6) is 17.4 Å². The Morgan fingerprint density at radius 3 is 2.71 bits per heavy atom. The molecule has 3 rings (SSSR count). The van der Waals surface area contributed by atoms with Crippen LogP contribution in [0.25, 0.3) is 0 Å². The Morgan fingerprint density at radius 1 is 1.26 bits per heavy atom. The van der Waals surface area contributed by atoms with E-state index in [9.17, 15) is 26.4 Å². The Kier molecular flexibility index (Phi) is 10.4. The van der Waals surface area contributed by atoms with Crippen LogP contribution in [0, 0.1) is 0 Å². The Hall–Kier alpha value is -2.85. The maximum absolute atomic E-state index is 12.9. The lowest BCUT2D eigenvalue weighted by Gasteiger charge is -2.15. The molecule has 0 aliphatic carbocycles. The molecular weight excluding hydrogens is 559 g/mol. The molecule has 0 radical (unpaired) electrons. The second kappa shape index (κ2) is 13.3. The van der Waals surface area contributed by atoms with Crippen molar-refractivity contribution in [2.75, 3.05) is 33.5 Å². The van der Waals surface area contributed by atoms with Crippen molar-refractivity contribution in [3.63, 3.8) is 0 Å². The summed E-state index contributed by atoms with van der Waals surface area (Å²) in [5.41, 5.74) is -0.859. The number of hydrogen-bond acceptors (Lipinski definition) is 9. The molecular formula is C22H25ClF3N3O8S. The lowest BCUT2D eigenvalue weighted by Crippen LogP contribution is -2.43. The van der Waals surface area contributed by atoms with E-state index in [4.69, 9.17) is 35.3 Å². The topological polar surface area (TPSA) is 134 Å². The number of carbonyl (C=O) groups is 1. The zero-order chi connectivity index (χ0) is 27.8. The van der Waals surface area contributed by atoms with Crippen molar-refractivity contribution in [2.24, 2.45) is 0 Å². The minimum Gasteiger partial charge on any atom is -0.491 e. The van der Waals surface area contributed by atoms with Crippen molar-refractivity contribution < 1.29 is 50.1 Å². The first-order chi connectivity index (χ1) is 18.0. The molecule has 2 heterocycles. The van der Waals surface area contributed by atoms with E-state index >= 15 is 0 Å². The minimum absolute atomic E-state index is 0.00791. The van der Waals surface area contributed by atoms with E-state index in [1.54, 1.807) is 4.72 Å². The summed E-state index contributed by atoms with van der Waals surface area (Å²) in [5.74, 6) is -0.0595. The summed E-state index contributed by atoms with van der Waals surface area (Å²) >= 11 is 5.94. The monoisotopic (exact) mass is 583 g/mol. The highest BCUT2D eigenvalue weighted by atomic mass is 35.5. The third-order valence-electron chi connectivity index (χ3n) is 5.04. The maximum atomic E-state index is 12.9. The van der Waals surface area contributed by atoms with Crippen molar-refractivity contribution in [1.82, 2.24) is 14.4 Å². The number of methoxy groups -OCH3 is 1. The molecule has 2 N–H and O–H groups in total. The van der Waals surface area contributed by atoms with Crippen LogP contribution in [0.1, 0.15) is 24.0 Å². The number of nitrogens with zero attached hydrogens (tertiary/aromatic N) is 1. The maximum Gasteiger partial charge on any atom is 0.422 e. The summed E-state index contributed by atoms with van der Waals surface area (Å²) in [6.45, 7) is 0.522. The van der Waals surface area contributed by atoms with Crippen molar-refractivity contribution in [1.29, 1.82) is 0 Å². The van der Waals surface area contributed by atoms with Crippen molar-refractivity contribution in [3.05, 3.63) is 46.6 Å². The van der Waals surface area contributed by atoms with Gasteiger partial charge in [-0.25, -0.2) is 14.5 Å². The fourth-order valence-electron chi connectivity index (χ4n) is 3.17. The molecule has 38 heavy (non-hydrogen) atoms. The van der Waals surface area contributed by atoms with Gasteiger partial charge in [-0.2, -0.15) is 26.3 Å². The van der Waals surface area contributed by atoms with Crippen LogP contribution in [-0.4, -0.2) is 59.1 Å². The van der Waals surface area contributed by atoms with E-state index in [-0.39, 0.29) is 43.1 Å². The number of carbonyl (C=O) groups excluding carboxylic acids is 1. The highest BCUT2D eigenvalue weighted by Gasteiger charge is 2.32. The van der Waals surface area contributed by atoms with Gasteiger partial charge >= 0.3 is 22.5 Å². The largest absolute Gasteiger partial charge is 0.491 e. The number of benzene rings is 1. The second-order valence-corrected chi connectivity index (χ2v) is 9.79. The summed E-state index contributed by atoms with van der Waals surface area (Å²) < 4.78 is 93.3. The number of hydrogen-bond donors (Lipinski definition) is 2. The normalized spacial score (nSPS) is 15.8. The van der Waals surface area contributed by atoms with Crippen LogP contribution >= 0.6 is 11.6 Å². The van der Waals surface area contributed by atoms with Crippen molar-refractivity contribution in [3.8, 4) is 17.4 Å². The summed E-state index contributed by atoms with van der Waals surface area (Å²) in [5, 5.41) is -0.418. The molecule has 1 aliphatic heterocycles. The molecule has 0 saturated carbocycles. The predicted molar refractivity (Wildman–Crippen MR) is 127 cm³/mol. The van der Waals surface area contributed by atoms with E-state index in [0.717, 1.165) is 6.42 Å². The van der Waals surface area contributed by atoms with Crippen molar-refractivity contribution >= 4 is 27.9 Å². The van der Waals surface area contributed by atoms with Gasteiger partial charge in [-0.3, -0.25) is 0 Å². The summed E-state index contributed by atoms with van der Waals surface area (Å²) in [7, 11) is -2.72. The zero-order valence-corrected chi connectivity index (χ0v) is 21.6. The van der Waals surface area contributed by atoms with Gasteiger partial charge < -0.3 is 23.7 Å². The van der Waals surface area contributed by atoms with E-state index in [2.05, 4.69) is 9.71 Å². The van der Waals surface area contributed by atoms with Gasteiger partial charge in [-0.05, 0) is 31.0 Å². The van der Waals surface area contributed by atoms with E-state index in [1.807, 2.05) is 0 Å². The summed E-state index contributed by atoms with van der Waals surface area (Å²) in [6.07, 6.45) is -4.15. The van der Waals surface area contributed by atoms with Crippen LogP contribution in [0.15, 0.2) is 30.5 Å². The summed E-state index contributed by atoms with van der Waals surface area (Å²) in [4.78, 5) is 15.8. The highest BCUT2D eigenvalue weighted by molar-refractivity contribution is 7.88. The molecule has 1 unspecified atom stereocenters. The lowest BCUT2D eigenvalue weighted by atomic mass is 10.2. The number of pyridine rings is 1. The van der Waals surface area contributed by atoms with Gasteiger partial charge in [0.2, 0.25) is 5.88 Å². The molecule has 0 bridgehead atoms. The molecule has 210 valence electrons. The highest BCUT2D eigenvalue weighted by Crippen LogP contribution is 2.36. The Bertz CT molecular complexity index is 1210. The smallest absolute Gasteiger partial charge is 0.422 e. The van der Waals surface area contributed by atoms with Gasteiger partial charge in [0.05, 0.1) is 18.3 Å². The molecule has 1 fully saturated rings. The summed E-state index contributed by atoms with van der Waals surface area (Å²) in [6, 6.07) is 5.00. The fraction of sp³-hybridized carbons (Fsp3) is 0.455. The molecule has 1 aromatic heterocycles. The van der Waals surface area contributed by atoms with Crippen LogP contribution in [0.2, 0.25) is 5.02 Å². The standard InChI is InChI=1S/C22H25ClF3N3O8S/c1-33-7-8-35-16-5-4-14(13-36-21(30)29-38(31,32)28-12-17-3-2-6-34-17)19(10-16)37-20-18(23)9-15(11-27-20)22(24,25)26/h4-5,9-11,17,28H,2-3,6-8,12-13H2,1H3,(H,29,30). The van der Waals surface area contributed by atoms with E-state index < -0.39 is 39.7 Å². The Morgan fingerprint density at radius 2 is 2.05 bits per heavy atom. The van der Waals surface area contributed by atoms with Gasteiger partial charge in [0.15, 0.2) is 0 Å². The first kappa shape index (κ1) is 29.7. The van der Waals surface area contributed by atoms with Gasteiger partial charge in [-0.15, -0.1) is 0 Å². The molecule has 1 atom stereocenters. The number of amides is 1. The SMILES string of the molecule is COCCOc1ccc(COC(=O)NS(=O)(=O)NCC2CCCO2)c(Oc2ncc(C(F)(F)F)cc2Cl)c1. The third-order valence-corrected chi connectivity index (χ3v) is 6.29. The number of nitrogens with one attached hydrogen (secondary N) is 2. The number of aromatic nitrogens is 1. The predicted octanol–water partition coefficient (Wildman–Crippen LogP) is 3.81. The zero-order valence-electron chi connectivity index (χ0n) is 20.0. The molecule has 11 nitrogen and oxygen atoms in total. The quantitative estimate of drug-likeness (QED) is 0.358. The first-order valence-electron chi connectivity index (χ1n) is 11.2. The Labute approximate surface area is 221 Å². The first-order valence-corrected chi connectivity index (χ1v) is 13.0. The minimum atomic E-state index is -4.66. The van der Waals surface area contributed by atoms with Gasteiger partial charge in [0.1, 0.15) is 29.7 Å². The molecule has 16 heteroatoms. The van der Waals surface area contributed by atoms with Crippen LogP contribution in [0.3, 0.4) is 0 Å². The van der Waals surface area contributed by atoms with E-state index in [0.29, 0.717) is 31.0 Å². The molecule has 1 saturated heterocycles. The van der Waals surface area contributed by atoms with Gasteiger partial charge in [-0.1, -0.05) is 11.6 Å². The molecule has 1 amide bonds. The molecule has 1 aliphatic rings. The molecule has 0 spiro atoms. The third kappa shape index (κ3) is 9.16. The van der Waals surface area contributed by atoms with Crippen LogP contribution < -0.4 is 18.9 Å². The number of ether oxygens (including phenoxy) is 5. The van der Waals surface area contributed by atoms with Gasteiger partial charge in [0.25, 0.3) is 0 Å². The van der Waals surface area contributed by atoms with Crippen LogP contribution in [0.4, 0.5) is 18.0 Å². The molecule has 1 aromatic carbocycles. The Balaban J connectivity index is 1.70. The molecule has 2 aromatic rings. The van der Waals surface area contributed by atoms with Crippen LogP contribution in [-0.2, 0) is 37.2 Å². The average Bonchev–Trinajstić information content (AvgIpc) is 3.37. The fourth-order valence-corrected chi connectivity index (χ4v) is 4.13. The lowest BCUT2D eigenvalue weighted by molar-refractivity contribution is -0.137. The van der Waals surface area contributed by atoms with E-state index in [1.165, 1.54) is 25.3 Å². The number of alkyl halides is 3. The number of rotatable bonds is 12. The average molecular weight is 584 g/mol. The second-order valence-electron chi connectivity index (χ2n) is 7.89.